The van der Waals surface area contributed by atoms with Crippen molar-refractivity contribution in [1.29, 1.82) is 0 Å². The Morgan fingerprint density at radius 2 is 1.20 bits per heavy atom. The number of hydrogen-bond acceptors (Lipinski definition) is 4. The number of nitrogens with zero attached hydrogens (tertiary/aromatic N) is 5. The Kier molecular flexibility index (Phi) is 5.70. The van der Waals surface area contributed by atoms with Gasteiger partial charge in [-0.05, 0) is 70.9 Å². The van der Waals surface area contributed by atoms with E-state index >= 15 is 0 Å². The van der Waals surface area contributed by atoms with E-state index in [1.807, 2.05) is 12.1 Å². The summed E-state index contributed by atoms with van der Waals surface area (Å²) < 4.78 is 2.32. The number of halogens is 1. The van der Waals surface area contributed by atoms with Crippen molar-refractivity contribution in [3.05, 3.63) is 138 Å². The largest absolute Gasteiger partial charge is 0.309 e. The zero-order chi connectivity index (χ0) is 30.1. The maximum Gasteiger partial charge on any atom is 0.198 e. The summed E-state index contributed by atoms with van der Waals surface area (Å²) in [4.78, 5) is 18.7. The van der Waals surface area contributed by atoms with Gasteiger partial charge in [0, 0.05) is 40.0 Å². The van der Waals surface area contributed by atoms with E-state index in [0.717, 1.165) is 65.8 Å². The van der Waals surface area contributed by atoms with E-state index in [2.05, 4.69) is 125 Å². The van der Waals surface area contributed by atoms with E-state index in [1.54, 1.807) is 12.4 Å². The maximum absolute atomic E-state index is 6.83. The lowest BCUT2D eigenvalue weighted by Crippen LogP contribution is -1.98. The van der Waals surface area contributed by atoms with Crippen LogP contribution in [0.5, 0.6) is 0 Å². The molecule has 0 bridgehead atoms. The quantitative estimate of drug-likeness (QED) is 0.203. The summed E-state index contributed by atoms with van der Waals surface area (Å²) in [5.41, 5.74) is 9.06. The SMILES string of the molecule is Cc1ccc(-c2nc3nccnc3nc2-c2ccc3cc(-n4c5cc6ccccc6cc5c5c(Cl)cccc54)ccc3c2)cc1. The van der Waals surface area contributed by atoms with Gasteiger partial charge in [0.05, 0.1) is 27.4 Å². The number of rotatable bonds is 3. The zero-order valence-electron chi connectivity index (χ0n) is 24.2. The maximum atomic E-state index is 6.83. The van der Waals surface area contributed by atoms with Gasteiger partial charge in [-0.2, -0.15) is 0 Å². The van der Waals surface area contributed by atoms with Crippen LogP contribution in [-0.4, -0.2) is 24.5 Å². The van der Waals surface area contributed by atoms with Gasteiger partial charge >= 0.3 is 0 Å². The highest BCUT2D eigenvalue weighted by molar-refractivity contribution is 6.38. The van der Waals surface area contributed by atoms with Gasteiger partial charge in [0.2, 0.25) is 0 Å². The van der Waals surface area contributed by atoms with E-state index in [9.17, 15) is 0 Å². The molecule has 6 heteroatoms. The fourth-order valence-electron chi connectivity index (χ4n) is 6.42. The van der Waals surface area contributed by atoms with Crippen LogP contribution in [0.25, 0.3) is 82.8 Å². The van der Waals surface area contributed by atoms with E-state index in [1.165, 1.54) is 16.3 Å². The molecule has 0 saturated carbocycles. The van der Waals surface area contributed by atoms with Crippen molar-refractivity contribution in [2.75, 3.05) is 0 Å². The standard InChI is InChI=1S/C39H24ClN5/c1-23-9-11-24(12-10-23)36-37(44-39-38(43-36)41-17-18-42-39)29-14-13-28-20-30(16-15-27(28)19-29)45-33-8-4-7-32(40)35(33)31-21-25-5-2-3-6-26(25)22-34(31)45/h2-22H,1H3. The van der Waals surface area contributed by atoms with Gasteiger partial charge in [-0.25, -0.2) is 19.9 Å². The van der Waals surface area contributed by atoms with Gasteiger partial charge in [-0.15, -0.1) is 0 Å². The van der Waals surface area contributed by atoms with Crippen LogP contribution in [0.15, 0.2) is 128 Å². The summed E-state index contributed by atoms with van der Waals surface area (Å²) in [6.07, 6.45) is 3.30. The van der Waals surface area contributed by atoms with Crippen molar-refractivity contribution in [3.8, 4) is 28.2 Å². The molecule has 9 aromatic rings. The summed E-state index contributed by atoms with van der Waals surface area (Å²) in [5.74, 6) is 0. The topological polar surface area (TPSA) is 56.5 Å². The van der Waals surface area contributed by atoms with E-state index < -0.39 is 0 Å². The average Bonchev–Trinajstić information content (AvgIpc) is 3.40. The molecule has 45 heavy (non-hydrogen) atoms. The minimum absolute atomic E-state index is 0.524. The van der Waals surface area contributed by atoms with Crippen LogP contribution in [0.3, 0.4) is 0 Å². The Labute approximate surface area is 263 Å². The summed E-state index contributed by atoms with van der Waals surface area (Å²) in [6, 6.07) is 40.5. The molecule has 0 N–H and O–H groups in total. The Morgan fingerprint density at radius 3 is 1.98 bits per heavy atom. The van der Waals surface area contributed by atoms with Gasteiger partial charge in [0.15, 0.2) is 11.3 Å². The van der Waals surface area contributed by atoms with Crippen LogP contribution >= 0.6 is 11.6 Å². The van der Waals surface area contributed by atoms with Gasteiger partial charge < -0.3 is 4.57 Å². The lowest BCUT2D eigenvalue weighted by molar-refractivity contribution is 1.16. The van der Waals surface area contributed by atoms with Crippen LogP contribution < -0.4 is 0 Å². The minimum atomic E-state index is 0.524. The van der Waals surface area contributed by atoms with E-state index in [4.69, 9.17) is 21.6 Å². The molecule has 0 unspecified atom stereocenters. The van der Waals surface area contributed by atoms with Crippen molar-refractivity contribution in [2.24, 2.45) is 0 Å². The van der Waals surface area contributed by atoms with Gasteiger partial charge in [0.25, 0.3) is 0 Å². The summed E-state index contributed by atoms with van der Waals surface area (Å²) in [7, 11) is 0. The summed E-state index contributed by atoms with van der Waals surface area (Å²) in [6.45, 7) is 2.08. The van der Waals surface area contributed by atoms with E-state index in [-0.39, 0.29) is 0 Å². The van der Waals surface area contributed by atoms with Crippen molar-refractivity contribution in [1.82, 2.24) is 24.5 Å². The molecule has 3 aromatic heterocycles. The highest BCUT2D eigenvalue weighted by atomic mass is 35.5. The van der Waals surface area contributed by atoms with Crippen LogP contribution in [0.4, 0.5) is 0 Å². The normalized spacial score (nSPS) is 11.8. The highest BCUT2D eigenvalue weighted by Gasteiger charge is 2.18. The first-order chi connectivity index (χ1) is 22.1. The molecule has 0 amide bonds. The number of aryl methyl sites for hydroxylation is 1. The second kappa shape index (κ2) is 9.94. The summed E-state index contributed by atoms with van der Waals surface area (Å²) in [5, 5.41) is 7.59. The molecule has 0 spiro atoms. The predicted molar refractivity (Wildman–Crippen MR) is 185 cm³/mol. The first kappa shape index (κ1) is 25.8. The Hall–Kier alpha value is -5.65. The van der Waals surface area contributed by atoms with Gasteiger partial charge in [-0.3, -0.25) is 0 Å². The number of aromatic nitrogens is 5. The fraction of sp³-hybridized carbons (Fsp3) is 0.0256. The molecule has 0 aliphatic carbocycles. The molecule has 0 atom stereocenters. The first-order valence-corrected chi connectivity index (χ1v) is 15.2. The monoisotopic (exact) mass is 597 g/mol. The Bertz CT molecular complexity index is 2620. The van der Waals surface area contributed by atoms with Crippen molar-refractivity contribution in [3.63, 3.8) is 0 Å². The van der Waals surface area contributed by atoms with Crippen molar-refractivity contribution >= 4 is 66.2 Å². The molecule has 212 valence electrons. The third kappa shape index (κ3) is 4.16. The Morgan fingerprint density at radius 1 is 0.556 bits per heavy atom. The Balaban J connectivity index is 1.23. The molecule has 0 saturated heterocycles. The molecule has 0 radical (unpaired) electrons. The van der Waals surface area contributed by atoms with Crippen LogP contribution in [-0.2, 0) is 0 Å². The molecule has 0 aliphatic heterocycles. The van der Waals surface area contributed by atoms with Crippen LogP contribution in [0.2, 0.25) is 5.02 Å². The highest BCUT2D eigenvalue weighted by Crippen LogP contribution is 2.39. The third-order valence-electron chi connectivity index (χ3n) is 8.61. The second-order valence-electron chi connectivity index (χ2n) is 11.4. The predicted octanol–water partition coefficient (Wildman–Crippen LogP) is 10.1. The molecular formula is C39H24ClN5. The molecule has 0 aliphatic rings. The molecule has 6 aromatic carbocycles. The molecule has 3 heterocycles. The molecular weight excluding hydrogens is 574 g/mol. The third-order valence-corrected chi connectivity index (χ3v) is 8.92. The van der Waals surface area contributed by atoms with Gasteiger partial charge in [-0.1, -0.05) is 90.0 Å². The second-order valence-corrected chi connectivity index (χ2v) is 11.8. The molecule has 5 nitrogen and oxygen atoms in total. The van der Waals surface area contributed by atoms with Crippen LogP contribution in [0.1, 0.15) is 5.56 Å². The lowest BCUT2D eigenvalue weighted by Gasteiger charge is -2.12. The van der Waals surface area contributed by atoms with Crippen LogP contribution in [0, 0.1) is 6.92 Å². The summed E-state index contributed by atoms with van der Waals surface area (Å²) >= 11 is 6.83. The van der Waals surface area contributed by atoms with Crippen molar-refractivity contribution in [2.45, 2.75) is 6.92 Å². The smallest absolute Gasteiger partial charge is 0.198 e. The first-order valence-electron chi connectivity index (χ1n) is 14.8. The van der Waals surface area contributed by atoms with Gasteiger partial charge in [0.1, 0.15) is 0 Å². The average molecular weight is 598 g/mol. The number of hydrogen-bond donors (Lipinski definition) is 0. The molecule has 0 fully saturated rings. The van der Waals surface area contributed by atoms with Crippen molar-refractivity contribution < 1.29 is 0 Å². The van der Waals surface area contributed by atoms with E-state index in [0.29, 0.717) is 11.3 Å². The lowest BCUT2D eigenvalue weighted by atomic mass is 10.00. The molecule has 9 rings (SSSR count). The zero-order valence-corrected chi connectivity index (χ0v) is 25.0. The number of benzene rings is 6. The minimum Gasteiger partial charge on any atom is -0.309 e. The fourth-order valence-corrected chi connectivity index (χ4v) is 6.69. The number of fused-ring (bicyclic) bond motifs is 6.